The number of aryl methyl sites for hydroxylation is 1. The summed E-state index contributed by atoms with van der Waals surface area (Å²) in [6, 6.07) is 5.46. The van der Waals surface area contributed by atoms with Crippen molar-refractivity contribution in [3.05, 3.63) is 34.3 Å². The third-order valence-electron chi connectivity index (χ3n) is 2.97. The number of nitrogens with one attached hydrogen (secondary N) is 1. The van der Waals surface area contributed by atoms with Gasteiger partial charge in [0.15, 0.2) is 17.5 Å². The predicted octanol–water partition coefficient (Wildman–Crippen LogP) is 2.65. The van der Waals surface area contributed by atoms with E-state index in [2.05, 4.69) is 22.2 Å². The Bertz CT molecular complexity index is 655. The maximum atomic E-state index is 5.90. The minimum Gasteiger partial charge on any atom is -0.493 e. The third kappa shape index (κ3) is 4.11. The van der Waals surface area contributed by atoms with E-state index in [1.807, 2.05) is 17.5 Å². The van der Waals surface area contributed by atoms with Gasteiger partial charge in [-0.3, -0.25) is 0 Å². The van der Waals surface area contributed by atoms with Crippen molar-refractivity contribution in [2.45, 2.75) is 19.9 Å². The number of ether oxygens (including phenoxy) is 2. The topological polar surface area (TPSA) is 81.8 Å². The molecule has 7 heteroatoms. The molecule has 0 aliphatic rings. The summed E-state index contributed by atoms with van der Waals surface area (Å²) in [6.07, 6.45) is 0.938. The van der Waals surface area contributed by atoms with Gasteiger partial charge in [-0.2, -0.15) is 0 Å². The number of benzene rings is 1. The van der Waals surface area contributed by atoms with Crippen LogP contribution in [0, 0.1) is 0 Å². The second-order valence-electron chi connectivity index (χ2n) is 4.48. The largest absolute Gasteiger partial charge is 0.493 e. The fourth-order valence-corrected chi connectivity index (χ4v) is 2.59. The highest BCUT2D eigenvalue weighted by atomic mass is 32.1. The van der Waals surface area contributed by atoms with E-state index in [9.17, 15) is 0 Å². The van der Waals surface area contributed by atoms with Crippen molar-refractivity contribution in [3.8, 4) is 11.5 Å². The monoisotopic (exact) mass is 320 g/mol. The number of hydrogen-bond donors (Lipinski definition) is 2. The predicted molar refractivity (Wildman–Crippen MR) is 90.0 cm³/mol. The molecule has 0 fully saturated rings. The van der Waals surface area contributed by atoms with Gasteiger partial charge in [-0.05, 0) is 18.6 Å². The average Bonchev–Trinajstić information content (AvgIpc) is 3.01. The van der Waals surface area contributed by atoms with Crippen LogP contribution in [-0.4, -0.2) is 25.2 Å². The van der Waals surface area contributed by atoms with Crippen LogP contribution >= 0.6 is 11.3 Å². The van der Waals surface area contributed by atoms with Gasteiger partial charge in [-0.1, -0.05) is 6.92 Å². The Morgan fingerprint density at radius 3 is 2.73 bits per heavy atom. The Labute approximate surface area is 134 Å². The van der Waals surface area contributed by atoms with E-state index in [0.29, 0.717) is 24.0 Å². The minimum atomic E-state index is 0.332. The van der Waals surface area contributed by atoms with Gasteiger partial charge in [0.25, 0.3) is 0 Å². The van der Waals surface area contributed by atoms with E-state index in [4.69, 9.17) is 15.2 Å². The average molecular weight is 320 g/mol. The Kier molecular flexibility index (Phi) is 5.60. The van der Waals surface area contributed by atoms with Gasteiger partial charge in [0, 0.05) is 17.1 Å². The lowest BCUT2D eigenvalue weighted by atomic mass is 10.3. The van der Waals surface area contributed by atoms with Crippen molar-refractivity contribution < 1.29 is 9.47 Å². The molecule has 3 N–H and O–H groups in total. The van der Waals surface area contributed by atoms with Crippen molar-refractivity contribution in [1.29, 1.82) is 0 Å². The SMILES string of the molecule is CCc1nc(CN=C(N)Nc2ccc(OC)c(OC)c2)cs1. The highest BCUT2D eigenvalue weighted by molar-refractivity contribution is 7.09. The zero-order chi connectivity index (χ0) is 15.9. The molecule has 1 aromatic carbocycles. The molecule has 0 spiro atoms. The maximum absolute atomic E-state index is 5.90. The van der Waals surface area contributed by atoms with E-state index in [1.54, 1.807) is 31.6 Å². The Balaban J connectivity index is 2.01. The molecule has 2 aromatic rings. The van der Waals surface area contributed by atoms with E-state index in [0.717, 1.165) is 22.8 Å². The number of anilines is 1. The summed E-state index contributed by atoms with van der Waals surface area (Å²) in [7, 11) is 3.19. The van der Waals surface area contributed by atoms with Crippen molar-refractivity contribution in [2.24, 2.45) is 10.7 Å². The zero-order valence-electron chi connectivity index (χ0n) is 12.9. The fourth-order valence-electron chi connectivity index (χ4n) is 1.85. The smallest absolute Gasteiger partial charge is 0.193 e. The van der Waals surface area contributed by atoms with Crippen LogP contribution in [0.2, 0.25) is 0 Å². The molecule has 2 rings (SSSR count). The molecule has 0 aliphatic heterocycles. The van der Waals surface area contributed by atoms with Gasteiger partial charge >= 0.3 is 0 Å². The summed E-state index contributed by atoms with van der Waals surface area (Å²) in [4.78, 5) is 8.74. The van der Waals surface area contributed by atoms with Crippen molar-refractivity contribution in [3.63, 3.8) is 0 Å². The first kappa shape index (κ1) is 16.1. The normalized spacial score (nSPS) is 11.3. The summed E-state index contributed by atoms with van der Waals surface area (Å²) in [5.74, 6) is 1.63. The molecule has 1 heterocycles. The van der Waals surface area contributed by atoms with Crippen molar-refractivity contribution >= 4 is 23.0 Å². The van der Waals surface area contributed by atoms with Crippen LogP contribution in [0.25, 0.3) is 0 Å². The quantitative estimate of drug-likeness (QED) is 0.631. The molecule has 0 aliphatic carbocycles. The lowest BCUT2D eigenvalue weighted by Crippen LogP contribution is -2.22. The van der Waals surface area contributed by atoms with Crippen LogP contribution in [0.1, 0.15) is 17.6 Å². The number of rotatable bonds is 6. The van der Waals surface area contributed by atoms with Gasteiger partial charge in [0.2, 0.25) is 0 Å². The summed E-state index contributed by atoms with van der Waals surface area (Å²) in [6.45, 7) is 2.54. The van der Waals surface area contributed by atoms with Crippen LogP contribution in [0.15, 0.2) is 28.6 Å². The number of guanidine groups is 1. The summed E-state index contributed by atoms with van der Waals surface area (Å²) >= 11 is 1.64. The van der Waals surface area contributed by atoms with Crippen molar-refractivity contribution in [2.75, 3.05) is 19.5 Å². The number of hydrogen-bond acceptors (Lipinski definition) is 5. The molecule has 118 valence electrons. The Hall–Kier alpha value is -2.28. The molecule has 0 saturated heterocycles. The Morgan fingerprint density at radius 1 is 1.32 bits per heavy atom. The minimum absolute atomic E-state index is 0.332. The Morgan fingerprint density at radius 2 is 2.09 bits per heavy atom. The third-order valence-corrected chi connectivity index (χ3v) is 4.01. The highest BCUT2D eigenvalue weighted by Gasteiger charge is 2.05. The molecular weight excluding hydrogens is 300 g/mol. The maximum Gasteiger partial charge on any atom is 0.193 e. The standard InChI is InChI=1S/C15H20N4O2S/c1-4-14-18-11(9-22-14)8-17-15(16)19-10-5-6-12(20-2)13(7-10)21-3/h5-7,9H,4,8H2,1-3H3,(H3,16,17,19). The molecular formula is C15H20N4O2S. The van der Waals surface area contributed by atoms with Gasteiger partial charge in [-0.15, -0.1) is 11.3 Å². The first-order valence-corrected chi connectivity index (χ1v) is 7.76. The number of aromatic nitrogens is 1. The highest BCUT2D eigenvalue weighted by Crippen LogP contribution is 2.29. The second kappa shape index (κ2) is 7.65. The summed E-state index contributed by atoms with van der Waals surface area (Å²) in [5.41, 5.74) is 7.61. The van der Waals surface area contributed by atoms with Crippen molar-refractivity contribution in [1.82, 2.24) is 4.98 Å². The van der Waals surface area contributed by atoms with Crippen LogP contribution < -0.4 is 20.5 Å². The van der Waals surface area contributed by atoms with Gasteiger partial charge < -0.3 is 20.5 Å². The fraction of sp³-hybridized carbons (Fsp3) is 0.333. The molecule has 0 radical (unpaired) electrons. The van der Waals surface area contributed by atoms with E-state index in [-0.39, 0.29) is 0 Å². The van der Waals surface area contributed by atoms with Gasteiger partial charge in [0.05, 0.1) is 31.5 Å². The van der Waals surface area contributed by atoms with Gasteiger partial charge in [-0.25, -0.2) is 9.98 Å². The van der Waals surface area contributed by atoms with Crippen LogP contribution in [0.3, 0.4) is 0 Å². The number of methoxy groups -OCH3 is 2. The molecule has 0 amide bonds. The van der Waals surface area contributed by atoms with Gasteiger partial charge in [0.1, 0.15) is 0 Å². The molecule has 0 saturated carbocycles. The van der Waals surface area contributed by atoms with Crippen LogP contribution in [0.5, 0.6) is 11.5 Å². The molecule has 22 heavy (non-hydrogen) atoms. The lowest BCUT2D eigenvalue weighted by molar-refractivity contribution is 0.355. The second-order valence-corrected chi connectivity index (χ2v) is 5.43. The molecule has 1 aromatic heterocycles. The number of aliphatic imine (C=N–C) groups is 1. The molecule has 6 nitrogen and oxygen atoms in total. The van der Waals surface area contributed by atoms with Crippen LogP contribution in [-0.2, 0) is 13.0 Å². The van der Waals surface area contributed by atoms with Crippen LogP contribution in [0.4, 0.5) is 5.69 Å². The van der Waals surface area contributed by atoms with E-state index < -0.39 is 0 Å². The van der Waals surface area contributed by atoms with E-state index >= 15 is 0 Å². The molecule has 0 bridgehead atoms. The number of nitrogens with two attached hydrogens (primary N) is 1. The first-order valence-electron chi connectivity index (χ1n) is 6.88. The number of nitrogens with zero attached hydrogens (tertiary/aromatic N) is 2. The summed E-state index contributed by atoms with van der Waals surface area (Å²) in [5, 5.41) is 6.14. The summed E-state index contributed by atoms with van der Waals surface area (Å²) < 4.78 is 10.4. The molecule has 0 atom stereocenters. The lowest BCUT2D eigenvalue weighted by Gasteiger charge is -2.10. The van der Waals surface area contributed by atoms with E-state index in [1.165, 1.54) is 0 Å². The number of thiazole rings is 1. The zero-order valence-corrected chi connectivity index (χ0v) is 13.7. The first-order chi connectivity index (χ1) is 10.7. The molecule has 0 unspecified atom stereocenters.